The zero-order chi connectivity index (χ0) is 18.8. The minimum Gasteiger partial charge on any atom is -0.394 e. The molecule has 26 heavy (non-hydrogen) atoms. The number of nitrogen functional groups attached to an aromatic ring is 1. The van der Waals surface area contributed by atoms with Gasteiger partial charge in [-0.25, -0.2) is 4.98 Å². The third-order valence-corrected chi connectivity index (χ3v) is 4.73. The molecule has 4 atom stereocenters. The summed E-state index contributed by atoms with van der Waals surface area (Å²) < 4.78 is 6.86. The van der Waals surface area contributed by atoms with Crippen LogP contribution in [-0.4, -0.2) is 72.1 Å². The highest BCUT2D eigenvalue weighted by atomic mass is 32.2. The van der Waals surface area contributed by atoms with Crippen molar-refractivity contribution < 1.29 is 20.1 Å². The van der Waals surface area contributed by atoms with E-state index in [0.717, 1.165) is 11.8 Å². The molecule has 0 spiro atoms. The number of aliphatic hydroxyl groups excluding tert-OH is 3. The summed E-state index contributed by atoms with van der Waals surface area (Å²) >= 11 is 1.14. The average molecular weight is 384 g/mol. The van der Waals surface area contributed by atoms with Gasteiger partial charge < -0.3 is 25.8 Å². The second-order valence-corrected chi connectivity index (χ2v) is 6.48. The maximum atomic E-state index is 12.1. The first-order valence-electron chi connectivity index (χ1n) is 7.51. The summed E-state index contributed by atoms with van der Waals surface area (Å²) in [5.74, 6) is 0.191. The summed E-state index contributed by atoms with van der Waals surface area (Å²) in [6.07, 6.45) is -4.86. The molecule has 6 N–H and O–H groups in total. The number of fused-ring (bicyclic) bond motifs is 1. The lowest BCUT2D eigenvalue weighted by Crippen LogP contribution is -2.33. The first-order valence-corrected chi connectivity index (χ1v) is 8.50. The van der Waals surface area contributed by atoms with E-state index < -0.39 is 36.7 Å². The van der Waals surface area contributed by atoms with E-state index >= 15 is 0 Å². The molecule has 3 rings (SSSR count). The number of azide groups is 1. The Morgan fingerprint density at radius 1 is 1.42 bits per heavy atom. The molecule has 140 valence electrons. The first kappa shape index (κ1) is 18.4. The summed E-state index contributed by atoms with van der Waals surface area (Å²) in [5, 5.41) is 33.3. The van der Waals surface area contributed by atoms with Crippen LogP contribution in [0.5, 0.6) is 0 Å². The number of thioether (sulfide) groups is 1. The van der Waals surface area contributed by atoms with E-state index in [9.17, 15) is 20.1 Å². The SMILES string of the molecule is [N-]=[N+]=NCCSc1nc2c(=O)[nH]c(N)nc2n1[C@@H]1O[C@H](CO)[C@@H](O)[C@H]1O. The van der Waals surface area contributed by atoms with Gasteiger partial charge in [-0.05, 0) is 5.53 Å². The Morgan fingerprint density at radius 3 is 2.85 bits per heavy atom. The van der Waals surface area contributed by atoms with E-state index in [-0.39, 0.29) is 28.8 Å². The molecule has 1 saturated heterocycles. The van der Waals surface area contributed by atoms with Gasteiger partial charge in [0, 0.05) is 17.2 Å². The molecule has 0 saturated carbocycles. The molecule has 0 bridgehead atoms. The Balaban J connectivity index is 2.08. The van der Waals surface area contributed by atoms with Crippen LogP contribution in [0.1, 0.15) is 6.23 Å². The second kappa shape index (κ2) is 7.49. The third kappa shape index (κ3) is 3.21. The number of aromatic nitrogens is 4. The second-order valence-electron chi connectivity index (χ2n) is 5.42. The predicted octanol–water partition coefficient (Wildman–Crippen LogP) is -1.28. The zero-order valence-corrected chi connectivity index (χ0v) is 14.1. The molecule has 1 fully saturated rings. The van der Waals surface area contributed by atoms with Crippen LogP contribution in [0.2, 0.25) is 0 Å². The van der Waals surface area contributed by atoms with Gasteiger partial charge in [0.15, 0.2) is 22.5 Å². The number of hydrogen-bond donors (Lipinski definition) is 5. The highest BCUT2D eigenvalue weighted by molar-refractivity contribution is 7.99. The summed E-state index contributed by atoms with van der Waals surface area (Å²) in [4.78, 5) is 25.3. The monoisotopic (exact) mass is 384 g/mol. The van der Waals surface area contributed by atoms with Crippen LogP contribution in [0.15, 0.2) is 15.1 Å². The van der Waals surface area contributed by atoms with Crippen molar-refractivity contribution in [2.45, 2.75) is 29.7 Å². The first-order chi connectivity index (χ1) is 12.5. The number of nitrogens with zero attached hydrogens (tertiary/aromatic N) is 6. The highest BCUT2D eigenvalue weighted by Crippen LogP contribution is 2.35. The molecule has 13 nitrogen and oxygen atoms in total. The molecule has 14 heteroatoms. The van der Waals surface area contributed by atoms with Crippen molar-refractivity contribution in [3.63, 3.8) is 0 Å². The van der Waals surface area contributed by atoms with E-state index in [2.05, 4.69) is 25.0 Å². The van der Waals surface area contributed by atoms with Gasteiger partial charge in [-0.15, -0.1) is 0 Å². The Bertz CT molecular complexity index is 909. The number of imidazole rings is 1. The van der Waals surface area contributed by atoms with Crippen molar-refractivity contribution in [1.82, 2.24) is 19.5 Å². The predicted molar refractivity (Wildman–Crippen MR) is 90.3 cm³/mol. The molecular weight excluding hydrogens is 368 g/mol. The third-order valence-electron chi connectivity index (χ3n) is 3.79. The number of anilines is 1. The fraction of sp³-hybridized carbons (Fsp3) is 0.583. The number of hydrogen-bond acceptors (Lipinski definition) is 10. The minimum absolute atomic E-state index is 0.0248. The van der Waals surface area contributed by atoms with Crippen LogP contribution in [-0.2, 0) is 4.74 Å². The Morgan fingerprint density at radius 2 is 2.19 bits per heavy atom. The van der Waals surface area contributed by atoms with Crippen LogP contribution in [0.4, 0.5) is 5.95 Å². The summed E-state index contributed by atoms with van der Waals surface area (Å²) in [7, 11) is 0. The highest BCUT2D eigenvalue weighted by Gasteiger charge is 2.45. The van der Waals surface area contributed by atoms with E-state index in [4.69, 9.17) is 16.0 Å². The largest absolute Gasteiger partial charge is 0.394 e. The summed E-state index contributed by atoms with van der Waals surface area (Å²) in [6, 6.07) is 0. The lowest BCUT2D eigenvalue weighted by molar-refractivity contribution is -0.0548. The van der Waals surface area contributed by atoms with E-state index in [1.807, 2.05) is 0 Å². The maximum absolute atomic E-state index is 12.1. The smallest absolute Gasteiger partial charge is 0.280 e. The molecule has 0 aromatic carbocycles. The number of nitrogens with two attached hydrogens (primary N) is 1. The van der Waals surface area contributed by atoms with E-state index in [0.29, 0.717) is 5.75 Å². The number of aromatic amines is 1. The molecule has 0 unspecified atom stereocenters. The molecule has 3 heterocycles. The number of H-pyrrole nitrogens is 1. The van der Waals surface area contributed by atoms with Crippen LogP contribution >= 0.6 is 11.8 Å². The van der Waals surface area contributed by atoms with Crippen LogP contribution in [0, 0.1) is 0 Å². The van der Waals surface area contributed by atoms with Gasteiger partial charge in [-0.1, -0.05) is 16.9 Å². The number of aliphatic hydroxyl groups is 3. The maximum Gasteiger partial charge on any atom is 0.280 e. The van der Waals surface area contributed by atoms with Crippen molar-refractivity contribution in [2.75, 3.05) is 24.6 Å². The van der Waals surface area contributed by atoms with Crippen molar-refractivity contribution in [1.29, 1.82) is 0 Å². The van der Waals surface area contributed by atoms with Gasteiger partial charge in [0.05, 0.1) is 6.61 Å². The molecule has 0 aliphatic carbocycles. The molecular formula is C12H16N8O5S. The average Bonchev–Trinajstić information content (AvgIpc) is 3.10. The van der Waals surface area contributed by atoms with Crippen molar-refractivity contribution in [2.24, 2.45) is 5.11 Å². The normalized spacial score (nSPS) is 25.5. The van der Waals surface area contributed by atoms with Gasteiger partial charge in [-0.2, -0.15) is 4.98 Å². The lowest BCUT2D eigenvalue weighted by atomic mass is 10.1. The quantitative estimate of drug-likeness (QED) is 0.132. The molecule has 1 aliphatic rings. The minimum atomic E-state index is -1.39. The zero-order valence-electron chi connectivity index (χ0n) is 13.3. The number of ether oxygens (including phenoxy) is 1. The van der Waals surface area contributed by atoms with Gasteiger partial charge in [-0.3, -0.25) is 14.3 Å². The van der Waals surface area contributed by atoms with Gasteiger partial charge in [0.1, 0.15) is 18.3 Å². The Kier molecular flexibility index (Phi) is 5.31. The van der Waals surface area contributed by atoms with Crippen molar-refractivity contribution >= 4 is 28.9 Å². The van der Waals surface area contributed by atoms with E-state index in [1.165, 1.54) is 4.57 Å². The topological polar surface area (TPSA) is 208 Å². The number of rotatable bonds is 6. The van der Waals surface area contributed by atoms with Crippen LogP contribution < -0.4 is 11.3 Å². The van der Waals surface area contributed by atoms with Crippen LogP contribution in [0.25, 0.3) is 21.6 Å². The number of nitrogens with one attached hydrogen (secondary N) is 1. The van der Waals surface area contributed by atoms with Gasteiger partial charge in [0.2, 0.25) is 5.95 Å². The van der Waals surface area contributed by atoms with Crippen LogP contribution in [0.3, 0.4) is 0 Å². The Labute approximate surface area is 149 Å². The van der Waals surface area contributed by atoms with Gasteiger partial charge in [0.25, 0.3) is 5.56 Å². The van der Waals surface area contributed by atoms with E-state index in [1.54, 1.807) is 0 Å². The fourth-order valence-electron chi connectivity index (χ4n) is 2.63. The summed E-state index contributed by atoms with van der Waals surface area (Å²) in [5.41, 5.74) is 13.4. The molecule has 0 amide bonds. The molecule has 0 radical (unpaired) electrons. The fourth-order valence-corrected chi connectivity index (χ4v) is 3.47. The molecule has 2 aromatic rings. The van der Waals surface area contributed by atoms with Gasteiger partial charge >= 0.3 is 0 Å². The van der Waals surface area contributed by atoms with Crippen molar-refractivity contribution in [3.8, 4) is 0 Å². The molecule has 1 aliphatic heterocycles. The standard InChI is InChI=1S/C12H16N8O5S/c13-11-17-8-5(9(24)18-11)16-12(26-2-1-15-19-14)20(8)10-7(23)6(22)4(3-21)25-10/h4,6-7,10,21-23H,1-3H2,(H3,13,17,18,24)/t4-,6-,7-,10-/m1/s1. The lowest BCUT2D eigenvalue weighted by Gasteiger charge is -2.19. The summed E-state index contributed by atoms with van der Waals surface area (Å²) in [6.45, 7) is -0.330. The Hall–Kier alpha value is -2.35. The van der Waals surface area contributed by atoms with Crippen molar-refractivity contribution in [3.05, 3.63) is 20.8 Å². The molecule has 2 aromatic heterocycles.